The topological polar surface area (TPSA) is 56.5 Å². The summed E-state index contributed by atoms with van der Waals surface area (Å²) in [4.78, 5) is 15.9. The van der Waals surface area contributed by atoms with Crippen LogP contribution in [0.15, 0.2) is 29.3 Å². The first-order valence-corrected chi connectivity index (χ1v) is 7.61. The van der Waals surface area contributed by atoms with Crippen LogP contribution in [0.1, 0.15) is 5.69 Å². The zero-order valence-corrected chi connectivity index (χ0v) is 13.0. The van der Waals surface area contributed by atoms with Gasteiger partial charge >= 0.3 is 5.97 Å². The zero-order chi connectivity index (χ0) is 15.0. The van der Waals surface area contributed by atoms with E-state index in [9.17, 15) is 4.79 Å². The molecule has 2 heterocycles. The van der Waals surface area contributed by atoms with Crippen LogP contribution in [0, 0.1) is 6.92 Å². The highest BCUT2D eigenvalue weighted by atomic mass is 35.5. The van der Waals surface area contributed by atoms with Gasteiger partial charge in [0.15, 0.2) is 5.65 Å². The first-order chi connectivity index (χ1) is 10.1. The number of aryl methyl sites for hydroxylation is 1. The number of fused-ring (bicyclic) bond motifs is 3. The molecule has 3 aromatic rings. The van der Waals surface area contributed by atoms with Gasteiger partial charge in [0.2, 0.25) is 0 Å². The Balaban J connectivity index is 2.21. The molecule has 0 radical (unpaired) electrons. The molecule has 2 aromatic heterocycles. The van der Waals surface area contributed by atoms with Crippen molar-refractivity contribution < 1.29 is 9.53 Å². The van der Waals surface area contributed by atoms with Crippen molar-refractivity contribution in [2.75, 3.05) is 12.9 Å². The summed E-state index contributed by atoms with van der Waals surface area (Å²) in [7, 11) is 1.37. The monoisotopic (exact) mass is 321 g/mol. The predicted molar refractivity (Wildman–Crippen MR) is 83.0 cm³/mol. The van der Waals surface area contributed by atoms with Gasteiger partial charge < -0.3 is 4.74 Å². The van der Waals surface area contributed by atoms with Gasteiger partial charge in [0.25, 0.3) is 0 Å². The Morgan fingerprint density at radius 3 is 2.95 bits per heavy atom. The Morgan fingerprint density at radius 2 is 2.19 bits per heavy atom. The maximum absolute atomic E-state index is 11.3. The number of hydrogen-bond donors (Lipinski definition) is 0. The number of carbonyl (C=O) groups excluding carboxylic acids is 1. The lowest BCUT2D eigenvalue weighted by molar-refractivity contribution is -0.137. The molecular weight excluding hydrogens is 310 g/mol. The van der Waals surface area contributed by atoms with Gasteiger partial charge in [0.1, 0.15) is 10.0 Å². The molecule has 0 aliphatic rings. The van der Waals surface area contributed by atoms with Crippen molar-refractivity contribution in [3.05, 3.63) is 35.0 Å². The molecule has 0 atom stereocenters. The zero-order valence-electron chi connectivity index (χ0n) is 11.5. The minimum absolute atomic E-state index is 0.203. The van der Waals surface area contributed by atoms with Crippen LogP contribution in [-0.2, 0) is 9.53 Å². The number of carbonyl (C=O) groups is 1. The minimum atomic E-state index is -0.290. The molecule has 0 saturated carbocycles. The van der Waals surface area contributed by atoms with E-state index in [2.05, 4.69) is 14.8 Å². The number of halogens is 1. The second-order valence-corrected chi connectivity index (χ2v) is 5.78. The van der Waals surface area contributed by atoms with Crippen LogP contribution in [0.5, 0.6) is 0 Å². The first kappa shape index (κ1) is 14.2. The molecule has 0 bridgehead atoms. The predicted octanol–water partition coefficient (Wildman–Crippen LogP) is 3.11. The van der Waals surface area contributed by atoms with Gasteiger partial charge in [-0.3, -0.25) is 4.79 Å². The van der Waals surface area contributed by atoms with Crippen molar-refractivity contribution in [3.63, 3.8) is 0 Å². The van der Waals surface area contributed by atoms with Gasteiger partial charge in [-0.15, -0.1) is 0 Å². The van der Waals surface area contributed by atoms with E-state index >= 15 is 0 Å². The van der Waals surface area contributed by atoms with Crippen molar-refractivity contribution in [1.82, 2.24) is 14.6 Å². The van der Waals surface area contributed by atoms with Crippen molar-refractivity contribution in [2.24, 2.45) is 0 Å². The van der Waals surface area contributed by atoms with Gasteiger partial charge in [0.05, 0.1) is 24.1 Å². The molecule has 5 nitrogen and oxygen atoms in total. The van der Waals surface area contributed by atoms with Crippen molar-refractivity contribution >= 4 is 45.9 Å². The van der Waals surface area contributed by atoms with E-state index in [0.29, 0.717) is 10.7 Å². The average molecular weight is 322 g/mol. The maximum atomic E-state index is 11.3. The smallest absolute Gasteiger partial charge is 0.316 e. The van der Waals surface area contributed by atoms with Crippen molar-refractivity contribution in [2.45, 2.75) is 11.9 Å². The van der Waals surface area contributed by atoms with E-state index in [4.69, 9.17) is 11.6 Å². The van der Waals surface area contributed by atoms with E-state index in [-0.39, 0.29) is 11.7 Å². The number of esters is 1. The number of methoxy groups -OCH3 is 1. The van der Waals surface area contributed by atoms with Gasteiger partial charge in [-0.1, -0.05) is 41.6 Å². The van der Waals surface area contributed by atoms with Crippen LogP contribution >= 0.6 is 23.4 Å². The first-order valence-electron chi connectivity index (χ1n) is 6.25. The normalized spacial score (nSPS) is 11.2. The van der Waals surface area contributed by atoms with Crippen LogP contribution in [0.2, 0.25) is 5.02 Å². The Kier molecular flexibility index (Phi) is 3.73. The molecule has 21 heavy (non-hydrogen) atoms. The summed E-state index contributed by atoms with van der Waals surface area (Å²) in [5.41, 5.74) is 2.23. The molecule has 0 N–H and O–H groups in total. The summed E-state index contributed by atoms with van der Waals surface area (Å²) < 4.78 is 6.40. The Hall–Kier alpha value is -1.79. The molecule has 0 saturated heterocycles. The van der Waals surface area contributed by atoms with Gasteiger partial charge in [-0.2, -0.15) is 5.10 Å². The lowest BCUT2D eigenvalue weighted by atomic mass is 10.2. The summed E-state index contributed by atoms with van der Waals surface area (Å²) in [5.74, 6) is -0.0875. The lowest BCUT2D eigenvalue weighted by Gasteiger charge is -2.07. The number of hydrogen-bond acceptors (Lipinski definition) is 5. The van der Waals surface area contributed by atoms with Crippen LogP contribution in [-0.4, -0.2) is 33.4 Å². The highest BCUT2D eigenvalue weighted by Gasteiger charge is 2.15. The molecular formula is C14H12ClN3O2S. The summed E-state index contributed by atoms with van der Waals surface area (Å²) in [6.45, 7) is 1.84. The summed E-state index contributed by atoms with van der Waals surface area (Å²) in [6, 6.07) is 7.76. The van der Waals surface area contributed by atoms with E-state index in [1.807, 2.05) is 31.2 Å². The van der Waals surface area contributed by atoms with Gasteiger partial charge in [-0.25, -0.2) is 9.50 Å². The Morgan fingerprint density at radius 1 is 1.43 bits per heavy atom. The number of benzene rings is 1. The maximum Gasteiger partial charge on any atom is 0.316 e. The minimum Gasteiger partial charge on any atom is -0.468 e. The fourth-order valence-electron chi connectivity index (χ4n) is 2.05. The second kappa shape index (κ2) is 5.54. The van der Waals surface area contributed by atoms with Gasteiger partial charge in [0, 0.05) is 5.39 Å². The fraction of sp³-hybridized carbons (Fsp3) is 0.214. The summed E-state index contributed by atoms with van der Waals surface area (Å²) >= 11 is 7.59. The molecule has 108 valence electrons. The molecule has 0 aliphatic heterocycles. The van der Waals surface area contributed by atoms with Crippen LogP contribution in [0.3, 0.4) is 0 Å². The third kappa shape index (κ3) is 2.45. The molecule has 0 unspecified atom stereocenters. The largest absolute Gasteiger partial charge is 0.468 e. The molecule has 7 heteroatoms. The number of para-hydroxylation sites is 1. The van der Waals surface area contributed by atoms with Crippen LogP contribution in [0.25, 0.3) is 16.6 Å². The molecule has 0 fully saturated rings. The lowest BCUT2D eigenvalue weighted by Crippen LogP contribution is -2.04. The van der Waals surface area contributed by atoms with Crippen molar-refractivity contribution in [3.8, 4) is 0 Å². The summed E-state index contributed by atoms with van der Waals surface area (Å²) in [6.07, 6.45) is 0. The number of rotatable bonds is 3. The SMILES string of the molecule is COC(=O)CSc1nc2c(Cl)c(C)nn2c2ccccc12. The Labute approximate surface area is 130 Å². The standard InChI is InChI=1S/C14H12ClN3O2S/c1-8-12(15)13-16-14(21-7-11(19)20-2)9-5-3-4-6-10(9)18(13)17-8/h3-6H,7H2,1-2H3. The third-order valence-electron chi connectivity index (χ3n) is 3.09. The van der Waals surface area contributed by atoms with Crippen LogP contribution in [0.4, 0.5) is 0 Å². The van der Waals surface area contributed by atoms with E-state index < -0.39 is 0 Å². The third-order valence-corrected chi connectivity index (χ3v) is 4.50. The van der Waals surface area contributed by atoms with Gasteiger partial charge in [-0.05, 0) is 13.0 Å². The van der Waals surface area contributed by atoms with E-state index in [0.717, 1.165) is 21.6 Å². The molecule has 0 spiro atoms. The van der Waals surface area contributed by atoms with Crippen molar-refractivity contribution in [1.29, 1.82) is 0 Å². The number of ether oxygens (including phenoxy) is 1. The highest BCUT2D eigenvalue weighted by molar-refractivity contribution is 8.00. The average Bonchev–Trinajstić information content (AvgIpc) is 2.80. The molecule has 0 aliphatic carbocycles. The van der Waals surface area contributed by atoms with Crippen LogP contribution < -0.4 is 0 Å². The molecule has 1 aromatic carbocycles. The highest BCUT2D eigenvalue weighted by Crippen LogP contribution is 2.30. The molecule has 3 rings (SSSR count). The number of nitrogens with zero attached hydrogens (tertiary/aromatic N) is 3. The second-order valence-electron chi connectivity index (χ2n) is 4.43. The number of thioether (sulfide) groups is 1. The van der Waals surface area contributed by atoms with E-state index in [1.54, 1.807) is 4.52 Å². The Bertz CT molecular complexity index is 847. The quantitative estimate of drug-likeness (QED) is 0.421. The summed E-state index contributed by atoms with van der Waals surface area (Å²) in [5, 5.41) is 6.61. The molecule has 0 amide bonds. The van der Waals surface area contributed by atoms with E-state index in [1.165, 1.54) is 18.9 Å². The number of aromatic nitrogens is 3. The fourth-order valence-corrected chi connectivity index (χ4v) is 3.06.